The maximum Gasteiger partial charge on any atom is 0.257 e. The highest BCUT2D eigenvalue weighted by Crippen LogP contribution is 2.28. The summed E-state index contributed by atoms with van der Waals surface area (Å²) in [5.74, 6) is 0.625. The van der Waals surface area contributed by atoms with Crippen molar-refractivity contribution in [1.29, 1.82) is 0 Å². The van der Waals surface area contributed by atoms with E-state index in [2.05, 4.69) is 4.40 Å². The number of amides is 2. The molecule has 0 N–H and O–H groups in total. The minimum Gasteiger partial charge on any atom is -0.493 e. The van der Waals surface area contributed by atoms with Gasteiger partial charge in [-0.1, -0.05) is 0 Å². The molecule has 10 nitrogen and oxygen atoms in total. The van der Waals surface area contributed by atoms with Gasteiger partial charge in [0, 0.05) is 44.5 Å². The van der Waals surface area contributed by atoms with Crippen LogP contribution in [0.1, 0.15) is 10.4 Å². The number of rotatable bonds is 4. The summed E-state index contributed by atoms with van der Waals surface area (Å²) < 4.78 is 38.2. The minimum atomic E-state index is -3.58. The van der Waals surface area contributed by atoms with Crippen LogP contribution < -0.4 is 9.47 Å². The Labute approximate surface area is 186 Å². The van der Waals surface area contributed by atoms with Gasteiger partial charge in [-0.3, -0.25) is 9.59 Å². The average Bonchev–Trinajstić information content (AvgIpc) is 2.81. The summed E-state index contributed by atoms with van der Waals surface area (Å²) in [5, 5.41) is 0. The van der Waals surface area contributed by atoms with Crippen LogP contribution in [0.5, 0.6) is 11.5 Å². The van der Waals surface area contributed by atoms with Gasteiger partial charge in [0.1, 0.15) is 0 Å². The van der Waals surface area contributed by atoms with Crippen molar-refractivity contribution in [3.63, 3.8) is 0 Å². The van der Waals surface area contributed by atoms with Crippen molar-refractivity contribution in [3.05, 3.63) is 47.7 Å². The van der Waals surface area contributed by atoms with Crippen molar-refractivity contribution in [2.75, 3.05) is 52.7 Å². The molecule has 0 saturated carbocycles. The zero-order valence-electron chi connectivity index (χ0n) is 17.9. The third-order valence-corrected chi connectivity index (χ3v) is 6.72. The summed E-state index contributed by atoms with van der Waals surface area (Å²) in [5.41, 5.74) is 0.718. The lowest BCUT2D eigenvalue weighted by Crippen LogP contribution is -2.52. The van der Waals surface area contributed by atoms with Crippen LogP contribution in [-0.4, -0.2) is 93.5 Å². The lowest BCUT2D eigenvalue weighted by Gasteiger charge is -2.36. The standard InChI is InChI=1S/C21H24N4O6S/c1-30-17-6-5-15(14-18(17)31-2)20(26)24-8-10-25(11-9-24)21(27)16-4-3-7-23-12-13-32(28,29)22-19(16)23/h3-7,14H,8-13H2,1-2H3. The predicted octanol–water partition coefficient (Wildman–Crippen LogP) is 0.486. The van der Waals surface area contributed by atoms with E-state index in [0.717, 1.165) is 0 Å². The second-order valence-corrected chi connectivity index (χ2v) is 9.23. The van der Waals surface area contributed by atoms with Crippen molar-refractivity contribution in [3.8, 4) is 11.5 Å². The van der Waals surface area contributed by atoms with Crippen LogP contribution in [0.25, 0.3) is 0 Å². The molecule has 1 saturated heterocycles. The molecular weight excluding hydrogens is 436 g/mol. The molecule has 3 heterocycles. The summed E-state index contributed by atoms with van der Waals surface area (Å²) in [6.45, 7) is 1.64. The first-order valence-electron chi connectivity index (χ1n) is 10.1. The summed E-state index contributed by atoms with van der Waals surface area (Å²) in [6, 6.07) is 4.99. The lowest BCUT2D eigenvalue weighted by atomic mass is 10.1. The molecule has 4 rings (SSSR count). The van der Waals surface area contributed by atoms with E-state index in [0.29, 0.717) is 43.2 Å². The SMILES string of the molecule is COc1ccc(C(=O)N2CCN(C(=O)C3=CC=CN4CCS(=O)(=O)N=C34)CC2)cc1OC. The first-order chi connectivity index (χ1) is 15.3. The molecule has 0 unspecified atom stereocenters. The van der Waals surface area contributed by atoms with E-state index in [1.54, 1.807) is 51.3 Å². The van der Waals surface area contributed by atoms with E-state index < -0.39 is 10.0 Å². The second kappa shape index (κ2) is 8.65. The first-order valence-corrected chi connectivity index (χ1v) is 11.7. The molecule has 170 valence electrons. The number of carbonyl (C=O) groups excluding carboxylic acids is 2. The predicted molar refractivity (Wildman–Crippen MR) is 117 cm³/mol. The maximum atomic E-state index is 13.1. The fourth-order valence-electron chi connectivity index (χ4n) is 3.82. The monoisotopic (exact) mass is 460 g/mol. The number of methoxy groups -OCH3 is 2. The Balaban J connectivity index is 1.44. The molecule has 0 aromatic heterocycles. The zero-order valence-corrected chi connectivity index (χ0v) is 18.7. The molecule has 0 atom stereocenters. The Bertz CT molecular complexity index is 1130. The Morgan fingerprint density at radius 2 is 1.59 bits per heavy atom. The molecule has 3 aliphatic rings. The third kappa shape index (κ3) is 4.20. The number of nitrogens with zero attached hydrogens (tertiary/aromatic N) is 4. The molecule has 1 fully saturated rings. The van der Waals surface area contributed by atoms with Crippen molar-refractivity contribution in [1.82, 2.24) is 14.7 Å². The number of benzene rings is 1. The molecule has 0 bridgehead atoms. The highest BCUT2D eigenvalue weighted by atomic mass is 32.2. The fraction of sp³-hybridized carbons (Fsp3) is 0.381. The van der Waals surface area contributed by atoms with E-state index in [9.17, 15) is 18.0 Å². The number of fused-ring (bicyclic) bond motifs is 1. The molecule has 11 heteroatoms. The van der Waals surface area contributed by atoms with Crippen molar-refractivity contribution in [2.24, 2.45) is 4.40 Å². The van der Waals surface area contributed by atoms with Gasteiger partial charge in [-0.25, -0.2) is 8.42 Å². The lowest BCUT2D eigenvalue weighted by molar-refractivity contribution is -0.128. The van der Waals surface area contributed by atoms with Gasteiger partial charge in [-0.2, -0.15) is 0 Å². The highest BCUT2D eigenvalue weighted by molar-refractivity contribution is 7.90. The number of hydrogen-bond donors (Lipinski definition) is 0. The molecule has 32 heavy (non-hydrogen) atoms. The number of ether oxygens (including phenoxy) is 2. The fourth-order valence-corrected chi connectivity index (χ4v) is 4.80. The van der Waals surface area contributed by atoms with Crippen LogP contribution >= 0.6 is 0 Å². The van der Waals surface area contributed by atoms with Crippen LogP contribution in [-0.2, 0) is 14.8 Å². The van der Waals surface area contributed by atoms with Crippen LogP contribution in [0.15, 0.2) is 46.5 Å². The van der Waals surface area contributed by atoms with E-state index in [-0.39, 0.29) is 35.5 Å². The topological polar surface area (TPSA) is 109 Å². The maximum absolute atomic E-state index is 13.1. The van der Waals surface area contributed by atoms with E-state index in [1.807, 2.05) is 0 Å². The van der Waals surface area contributed by atoms with Crippen LogP contribution in [0.3, 0.4) is 0 Å². The zero-order chi connectivity index (χ0) is 22.9. The van der Waals surface area contributed by atoms with Crippen molar-refractivity contribution in [2.45, 2.75) is 0 Å². The molecule has 0 radical (unpaired) electrons. The summed E-state index contributed by atoms with van der Waals surface area (Å²) in [7, 11) is -0.546. The number of carbonyl (C=O) groups is 2. The van der Waals surface area contributed by atoms with Crippen LogP contribution in [0.2, 0.25) is 0 Å². The van der Waals surface area contributed by atoms with Gasteiger partial charge < -0.3 is 24.2 Å². The van der Waals surface area contributed by atoms with Gasteiger partial charge in [0.15, 0.2) is 17.3 Å². The van der Waals surface area contributed by atoms with Gasteiger partial charge in [-0.15, -0.1) is 4.40 Å². The molecule has 1 aromatic rings. The molecular formula is C21H24N4O6S. The highest BCUT2D eigenvalue weighted by Gasteiger charge is 2.33. The average molecular weight is 461 g/mol. The molecule has 3 aliphatic heterocycles. The smallest absolute Gasteiger partial charge is 0.257 e. The Morgan fingerprint density at radius 1 is 0.938 bits per heavy atom. The van der Waals surface area contributed by atoms with E-state index in [4.69, 9.17) is 9.47 Å². The van der Waals surface area contributed by atoms with Gasteiger partial charge >= 0.3 is 0 Å². The first kappa shape index (κ1) is 21.9. The molecule has 0 spiro atoms. The Hall–Kier alpha value is -3.34. The number of piperazine rings is 1. The normalized spacial score (nSPS) is 19.6. The quantitative estimate of drug-likeness (QED) is 0.643. The van der Waals surface area contributed by atoms with Gasteiger partial charge in [0.2, 0.25) is 0 Å². The summed E-state index contributed by atoms with van der Waals surface area (Å²) in [4.78, 5) is 31.0. The Kier molecular flexibility index (Phi) is 5.92. The number of hydrogen-bond acceptors (Lipinski definition) is 7. The number of sulfonamides is 1. The Morgan fingerprint density at radius 3 is 2.25 bits per heavy atom. The third-order valence-electron chi connectivity index (χ3n) is 5.57. The molecule has 1 aromatic carbocycles. The van der Waals surface area contributed by atoms with Crippen molar-refractivity contribution < 1.29 is 27.5 Å². The van der Waals surface area contributed by atoms with E-state index >= 15 is 0 Å². The van der Waals surface area contributed by atoms with Gasteiger partial charge in [0.05, 0.1) is 25.5 Å². The number of allylic oxidation sites excluding steroid dienone is 2. The summed E-state index contributed by atoms with van der Waals surface area (Å²) in [6.07, 6.45) is 5.00. The number of amidine groups is 1. The van der Waals surface area contributed by atoms with Crippen LogP contribution in [0.4, 0.5) is 0 Å². The van der Waals surface area contributed by atoms with Gasteiger partial charge in [-0.05, 0) is 30.4 Å². The molecule has 2 amide bonds. The van der Waals surface area contributed by atoms with Gasteiger partial charge in [0.25, 0.3) is 21.8 Å². The molecule has 0 aliphatic carbocycles. The van der Waals surface area contributed by atoms with Crippen molar-refractivity contribution >= 4 is 27.7 Å². The van der Waals surface area contributed by atoms with Crippen LogP contribution in [0, 0.1) is 0 Å². The largest absolute Gasteiger partial charge is 0.493 e. The minimum absolute atomic E-state index is 0.0841. The van der Waals surface area contributed by atoms with E-state index in [1.165, 1.54) is 14.2 Å². The summed E-state index contributed by atoms with van der Waals surface area (Å²) >= 11 is 0. The second-order valence-electron chi connectivity index (χ2n) is 7.47.